The van der Waals surface area contributed by atoms with Gasteiger partial charge in [0, 0.05) is 34.4 Å². The minimum atomic E-state index is -1.76. The Balaban J connectivity index is 0.000000266. The standard InChI is InChI=1S/C18H28ClNO4Si.C18H30ClNO2Si.C12H26O2Si.C6H12O2/c1-18(2,3)25(4,5)24-15-9-7-14(8-10-15)23-17-11-6-13(19)12-16(17)20(21)22;1-18(2,3)23(4,5)22-15-9-7-14(8-10-15)21-17-11-6-13(19)12-16(17)20;1-12(2,3)15(4,5)14-11-8-6-10(13)7-9-11;7-5-1-2-6(8)4-3-5/h6,11-12,14-15H,7-10H2,1-5H3;6,11-12,14-15H,7-10,20H2,1-5H3;10-11,13H,6-9H2,1-5H3;5-8H,1-4H2. The number of nitro benzene ring substituents is 1. The molecule has 12 nitrogen and oxygen atoms in total. The predicted octanol–water partition coefficient (Wildman–Crippen LogP) is 15.2. The zero-order valence-electron chi connectivity index (χ0n) is 46.4. The molecule has 0 saturated heterocycles. The van der Waals surface area contributed by atoms with Crippen molar-refractivity contribution in [1.29, 1.82) is 0 Å². The van der Waals surface area contributed by atoms with Gasteiger partial charge in [-0.3, -0.25) is 10.1 Å². The third kappa shape index (κ3) is 21.4. The Morgan fingerprint density at radius 1 is 0.493 bits per heavy atom. The summed E-state index contributed by atoms with van der Waals surface area (Å²) in [6, 6.07) is 9.95. The summed E-state index contributed by atoms with van der Waals surface area (Å²) in [4.78, 5) is 10.7. The quantitative estimate of drug-likeness (QED) is 0.0729. The van der Waals surface area contributed by atoms with E-state index in [9.17, 15) is 15.2 Å². The molecule has 0 unspecified atom stereocenters. The number of halogens is 2. The number of nitrogen functional groups attached to an aromatic ring is 1. The smallest absolute Gasteiger partial charge is 0.312 e. The second kappa shape index (κ2) is 27.3. The van der Waals surface area contributed by atoms with Gasteiger partial charge in [-0.05, 0) is 187 Å². The second-order valence-corrected chi connectivity index (χ2v) is 40.3. The van der Waals surface area contributed by atoms with Crippen LogP contribution in [-0.2, 0) is 13.3 Å². The average molecular weight is 1090 g/mol. The number of anilines is 1. The van der Waals surface area contributed by atoms with Crippen LogP contribution < -0.4 is 15.2 Å². The summed E-state index contributed by atoms with van der Waals surface area (Å²) in [5, 5.41) is 40.2. The number of benzene rings is 2. The summed E-state index contributed by atoms with van der Waals surface area (Å²) >= 11 is 11.8. The van der Waals surface area contributed by atoms with Crippen LogP contribution in [0, 0.1) is 10.1 Å². The molecule has 5 N–H and O–H groups in total. The van der Waals surface area contributed by atoms with E-state index in [0.717, 1.165) is 108 Å². The van der Waals surface area contributed by atoms with Crippen LogP contribution in [0.2, 0.25) is 64.4 Å². The van der Waals surface area contributed by atoms with Crippen LogP contribution in [0.1, 0.15) is 165 Å². The molecule has 4 saturated carbocycles. The highest BCUT2D eigenvalue weighted by atomic mass is 35.5. The first-order valence-electron chi connectivity index (χ1n) is 26.5. The van der Waals surface area contributed by atoms with Crippen molar-refractivity contribution in [3.63, 3.8) is 0 Å². The zero-order valence-corrected chi connectivity index (χ0v) is 50.9. The van der Waals surface area contributed by atoms with Crippen molar-refractivity contribution in [2.24, 2.45) is 0 Å². The van der Waals surface area contributed by atoms with Gasteiger partial charge in [-0.1, -0.05) is 85.5 Å². The van der Waals surface area contributed by atoms with Gasteiger partial charge < -0.3 is 43.8 Å². The van der Waals surface area contributed by atoms with Gasteiger partial charge in [0.05, 0.1) is 41.1 Å². The van der Waals surface area contributed by atoms with Crippen molar-refractivity contribution in [2.75, 3.05) is 5.73 Å². The third-order valence-electron chi connectivity index (χ3n) is 16.0. The van der Waals surface area contributed by atoms with E-state index in [4.69, 9.17) is 61.9 Å². The molecule has 0 radical (unpaired) electrons. The third-order valence-corrected chi connectivity index (χ3v) is 30.1. The maximum absolute atomic E-state index is 11.2. The van der Waals surface area contributed by atoms with Crippen molar-refractivity contribution in [3.05, 3.63) is 56.6 Å². The fourth-order valence-corrected chi connectivity index (χ4v) is 12.9. The van der Waals surface area contributed by atoms with Gasteiger partial charge in [0.15, 0.2) is 30.7 Å². The molecule has 408 valence electrons. The molecule has 0 aliphatic heterocycles. The molecule has 0 bridgehead atoms. The molecular weight excluding hydrogens is 992 g/mol. The lowest BCUT2D eigenvalue weighted by atomic mass is 9.95. The van der Waals surface area contributed by atoms with Gasteiger partial charge in [0.2, 0.25) is 0 Å². The van der Waals surface area contributed by atoms with Crippen LogP contribution in [0.25, 0.3) is 0 Å². The van der Waals surface area contributed by atoms with Crippen LogP contribution in [0.4, 0.5) is 11.4 Å². The van der Waals surface area contributed by atoms with E-state index in [2.05, 4.69) is 102 Å². The molecule has 2 aromatic rings. The molecule has 4 aliphatic rings. The molecular formula is C54H96Cl2N2O10Si3. The van der Waals surface area contributed by atoms with Crippen LogP contribution >= 0.6 is 23.2 Å². The molecule has 0 heterocycles. The first-order chi connectivity index (χ1) is 32.6. The normalized spacial score (nSPS) is 25.7. The molecule has 6 rings (SSSR count). The minimum Gasteiger partial charge on any atom is -0.488 e. The maximum atomic E-state index is 11.2. The largest absolute Gasteiger partial charge is 0.488 e. The number of ether oxygens (including phenoxy) is 2. The zero-order chi connectivity index (χ0) is 53.8. The van der Waals surface area contributed by atoms with E-state index in [1.807, 2.05) is 12.1 Å². The topological polar surface area (TPSA) is 176 Å². The summed E-state index contributed by atoms with van der Waals surface area (Å²) in [5.74, 6) is 1.03. The molecule has 17 heteroatoms. The highest BCUT2D eigenvalue weighted by Gasteiger charge is 2.42. The Morgan fingerprint density at radius 3 is 1.07 bits per heavy atom. The Labute approximate surface area is 442 Å². The van der Waals surface area contributed by atoms with Crippen LogP contribution in [0.5, 0.6) is 11.5 Å². The van der Waals surface area contributed by atoms with E-state index >= 15 is 0 Å². The van der Waals surface area contributed by atoms with Gasteiger partial charge >= 0.3 is 5.69 Å². The first-order valence-corrected chi connectivity index (χ1v) is 36.0. The van der Waals surface area contributed by atoms with E-state index in [1.165, 1.54) is 6.07 Å². The minimum absolute atomic E-state index is 0.0147. The Morgan fingerprint density at radius 2 is 0.761 bits per heavy atom. The summed E-state index contributed by atoms with van der Waals surface area (Å²) < 4.78 is 31.3. The van der Waals surface area contributed by atoms with E-state index < -0.39 is 29.9 Å². The molecule has 0 spiro atoms. The highest BCUT2D eigenvalue weighted by molar-refractivity contribution is 6.75. The van der Waals surface area contributed by atoms with Crippen LogP contribution in [-0.4, -0.2) is 94.0 Å². The van der Waals surface area contributed by atoms with Gasteiger partial charge in [-0.15, -0.1) is 0 Å². The summed E-state index contributed by atoms with van der Waals surface area (Å²) in [7, 11) is -5.04. The molecule has 4 aliphatic carbocycles. The fraction of sp³-hybridized carbons (Fsp3) is 0.778. The molecule has 2 aromatic carbocycles. The lowest BCUT2D eigenvalue weighted by Crippen LogP contribution is -2.45. The number of nitro groups is 1. The van der Waals surface area contributed by atoms with Crippen LogP contribution in [0.3, 0.4) is 0 Å². The lowest BCUT2D eigenvalue weighted by molar-refractivity contribution is -0.386. The average Bonchev–Trinajstić information content (AvgIpc) is 3.25. The summed E-state index contributed by atoms with van der Waals surface area (Å²) in [5.41, 5.74) is 6.50. The fourth-order valence-electron chi connectivity index (χ4n) is 8.26. The SMILES string of the molecule is CC(C)(C)[Si](C)(C)OC1CCC(O)CC1.CC(C)(C)[Si](C)(C)OC1CCC(Oc2ccc(Cl)cc2N)CC1.CC(C)(C)[Si](C)(C)OC1CCC(Oc2ccc(Cl)cc2[N+](=O)[O-])CC1.OC1CCC(O)CC1. The molecule has 0 aromatic heterocycles. The van der Waals surface area contributed by atoms with Crippen molar-refractivity contribution >= 4 is 59.5 Å². The number of rotatable bonds is 11. The van der Waals surface area contributed by atoms with Gasteiger partial charge in [0.25, 0.3) is 0 Å². The van der Waals surface area contributed by atoms with Crippen molar-refractivity contribution < 1.29 is 43.0 Å². The number of hydrogen-bond acceptors (Lipinski definition) is 11. The second-order valence-electron chi connectivity index (χ2n) is 25.1. The Hall–Kier alpha value is -1.77. The van der Waals surface area contributed by atoms with E-state index in [1.54, 1.807) is 18.2 Å². The summed E-state index contributed by atoms with van der Waals surface area (Å²) in [6.07, 6.45) is 15.6. The van der Waals surface area contributed by atoms with Crippen LogP contribution in [0.15, 0.2) is 36.4 Å². The first kappa shape index (κ1) is 63.5. The Kier molecular flexibility index (Phi) is 24.5. The number of nitrogens with two attached hydrogens (primary N) is 1. The number of aliphatic hydroxyl groups excluding tert-OH is 3. The number of nitrogens with zero attached hydrogens (tertiary/aromatic N) is 1. The Bertz CT molecular complexity index is 1900. The van der Waals surface area contributed by atoms with E-state index in [0.29, 0.717) is 38.7 Å². The van der Waals surface area contributed by atoms with Gasteiger partial charge in [0.1, 0.15) is 5.75 Å². The maximum Gasteiger partial charge on any atom is 0.312 e. The van der Waals surface area contributed by atoms with E-state index in [-0.39, 0.29) is 52.4 Å². The molecule has 0 amide bonds. The van der Waals surface area contributed by atoms with Gasteiger partial charge in [-0.25, -0.2) is 0 Å². The molecule has 71 heavy (non-hydrogen) atoms. The van der Waals surface area contributed by atoms with Crippen molar-refractivity contribution in [2.45, 2.75) is 268 Å². The van der Waals surface area contributed by atoms with Gasteiger partial charge in [-0.2, -0.15) is 0 Å². The number of hydrogen-bond donors (Lipinski definition) is 4. The predicted molar refractivity (Wildman–Crippen MR) is 301 cm³/mol. The number of aliphatic hydroxyl groups is 3. The summed E-state index contributed by atoms with van der Waals surface area (Å²) in [6.45, 7) is 34.2. The molecule has 4 fully saturated rings. The van der Waals surface area contributed by atoms with Crippen molar-refractivity contribution in [1.82, 2.24) is 0 Å². The lowest BCUT2D eigenvalue weighted by Gasteiger charge is -2.41. The highest BCUT2D eigenvalue weighted by Crippen LogP contribution is 2.42. The van der Waals surface area contributed by atoms with Crippen molar-refractivity contribution in [3.8, 4) is 11.5 Å². The molecule has 0 atom stereocenters. The monoisotopic (exact) mass is 1090 g/mol.